The van der Waals surface area contributed by atoms with Crippen molar-refractivity contribution >= 4 is 11.6 Å². The molecule has 29 heavy (non-hydrogen) atoms. The smallest absolute Gasteiger partial charge is 0.253 e. The van der Waals surface area contributed by atoms with Crippen molar-refractivity contribution in [2.45, 2.75) is 20.4 Å². The number of hydrogen-bond acceptors (Lipinski definition) is 3. The third-order valence-electron chi connectivity index (χ3n) is 5.05. The number of nitrogens with one attached hydrogen (secondary N) is 1. The molecule has 1 amide bonds. The van der Waals surface area contributed by atoms with Crippen LogP contribution < -0.4 is 10.1 Å². The second-order valence-corrected chi connectivity index (χ2v) is 6.81. The Kier molecular flexibility index (Phi) is 6.90. The molecule has 4 nitrogen and oxygen atoms in total. The van der Waals surface area contributed by atoms with Crippen molar-refractivity contribution < 1.29 is 9.53 Å². The fourth-order valence-corrected chi connectivity index (χ4v) is 3.31. The Morgan fingerprint density at radius 1 is 0.897 bits per heavy atom. The van der Waals surface area contributed by atoms with Gasteiger partial charge in [-0.25, -0.2) is 0 Å². The molecule has 0 bridgehead atoms. The third-order valence-corrected chi connectivity index (χ3v) is 5.05. The maximum absolute atomic E-state index is 12.4. The lowest BCUT2D eigenvalue weighted by molar-refractivity contribution is 0.0773. The van der Waals surface area contributed by atoms with Gasteiger partial charge in [-0.1, -0.05) is 42.5 Å². The second-order valence-electron chi connectivity index (χ2n) is 6.81. The number of benzene rings is 3. The number of anilines is 1. The highest BCUT2D eigenvalue weighted by molar-refractivity contribution is 5.94. The van der Waals surface area contributed by atoms with E-state index in [0.29, 0.717) is 0 Å². The number of hydrogen-bond donors (Lipinski definition) is 1. The zero-order valence-electron chi connectivity index (χ0n) is 17.3. The molecule has 3 aromatic carbocycles. The number of amides is 1. The van der Waals surface area contributed by atoms with Crippen molar-refractivity contribution in [2.75, 3.05) is 25.5 Å². The van der Waals surface area contributed by atoms with E-state index in [9.17, 15) is 4.79 Å². The molecule has 150 valence electrons. The van der Waals surface area contributed by atoms with Crippen molar-refractivity contribution in [3.8, 4) is 16.9 Å². The molecule has 0 aromatic heterocycles. The third kappa shape index (κ3) is 4.96. The molecule has 0 atom stereocenters. The minimum Gasteiger partial charge on any atom is -0.496 e. The number of para-hydroxylation sites is 1. The van der Waals surface area contributed by atoms with Crippen molar-refractivity contribution in [3.63, 3.8) is 0 Å². The summed E-state index contributed by atoms with van der Waals surface area (Å²) in [6.45, 7) is 6.16. The lowest BCUT2D eigenvalue weighted by Crippen LogP contribution is -2.30. The molecule has 1 N–H and O–H groups in total. The van der Waals surface area contributed by atoms with Crippen LogP contribution in [0.5, 0.6) is 5.75 Å². The SMILES string of the molecule is CCN(CC)C(=O)c1ccc(NCc2ccc(-c3ccccc3OC)cc2)cc1. The first-order valence-corrected chi connectivity index (χ1v) is 10.0. The molecule has 0 aliphatic heterocycles. The quantitative estimate of drug-likeness (QED) is 0.557. The van der Waals surface area contributed by atoms with E-state index in [-0.39, 0.29) is 5.91 Å². The molecular weight excluding hydrogens is 360 g/mol. The predicted octanol–water partition coefficient (Wildman–Crippen LogP) is 5.46. The Labute approximate surface area is 173 Å². The Hall–Kier alpha value is -3.27. The molecule has 0 aliphatic carbocycles. The monoisotopic (exact) mass is 388 g/mol. The van der Waals surface area contributed by atoms with E-state index in [0.717, 1.165) is 47.8 Å². The first kappa shape index (κ1) is 20.5. The Balaban J connectivity index is 1.62. The van der Waals surface area contributed by atoms with Crippen LogP contribution in [0.2, 0.25) is 0 Å². The van der Waals surface area contributed by atoms with Gasteiger partial charge in [0.05, 0.1) is 7.11 Å². The highest BCUT2D eigenvalue weighted by Gasteiger charge is 2.11. The summed E-state index contributed by atoms with van der Waals surface area (Å²) in [5.41, 5.74) is 5.12. The molecule has 0 fully saturated rings. The van der Waals surface area contributed by atoms with E-state index in [4.69, 9.17) is 4.74 Å². The molecule has 0 spiro atoms. The summed E-state index contributed by atoms with van der Waals surface area (Å²) in [7, 11) is 1.69. The lowest BCUT2D eigenvalue weighted by Gasteiger charge is -2.18. The zero-order chi connectivity index (χ0) is 20.6. The molecular formula is C25H28N2O2. The Morgan fingerprint density at radius 3 is 2.17 bits per heavy atom. The molecule has 4 heteroatoms. The molecule has 0 radical (unpaired) electrons. The lowest BCUT2D eigenvalue weighted by atomic mass is 10.0. The zero-order valence-corrected chi connectivity index (χ0v) is 17.3. The van der Waals surface area contributed by atoms with Gasteiger partial charge in [-0.2, -0.15) is 0 Å². The van der Waals surface area contributed by atoms with Crippen LogP contribution in [0, 0.1) is 0 Å². The topological polar surface area (TPSA) is 41.6 Å². The highest BCUT2D eigenvalue weighted by Crippen LogP contribution is 2.29. The fourth-order valence-electron chi connectivity index (χ4n) is 3.31. The number of nitrogens with zero attached hydrogens (tertiary/aromatic N) is 1. The fraction of sp³-hybridized carbons (Fsp3) is 0.240. The molecule has 0 saturated carbocycles. The van der Waals surface area contributed by atoms with E-state index in [2.05, 4.69) is 35.6 Å². The summed E-state index contributed by atoms with van der Waals surface area (Å²) in [6, 6.07) is 24.2. The summed E-state index contributed by atoms with van der Waals surface area (Å²) in [5.74, 6) is 0.950. The van der Waals surface area contributed by atoms with E-state index in [1.165, 1.54) is 5.56 Å². The molecule has 0 unspecified atom stereocenters. The van der Waals surface area contributed by atoms with E-state index >= 15 is 0 Å². The maximum atomic E-state index is 12.4. The van der Waals surface area contributed by atoms with E-state index < -0.39 is 0 Å². The normalized spacial score (nSPS) is 10.4. The minimum atomic E-state index is 0.0773. The number of methoxy groups -OCH3 is 1. The highest BCUT2D eigenvalue weighted by atomic mass is 16.5. The van der Waals surface area contributed by atoms with Gasteiger partial charge < -0.3 is 15.0 Å². The van der Waals surface area contributed by atoms with Gasteiger partial charge in [0.25, 0.3) is 5.91 Å². The van der Waals surface area contributed by atoms with Crippen LogP contribution in [0.25, 0.3) is 11.1 Å². The largest absolute Gasteiger partial charge is 0.496 e. The van der Waals surface area contributed by atoms with Crippen molar-refractivity contribution in [1.29, 1.82) is 0 Å². The number of ether oxygens (including phenoxy) is 1. The van der Waals surface area contributed by atoms with Crippen LogP contribution in [0.3, 0.4) is 0 Å². The van der Waals surface area contributed by atoms with Gasteiger partial charge in [0.1, 0.15) is 5.75 Å². The number of rotatable bonds is 8. The van der Waals surface area contributed by atoms with Crippen LogP contribution in [0.4, 0.5) is 5.69 Å². The molecule has 0 saturated heterocycles. The first-order chi connectivity index (χ1) is 14.2. The van der Waals surface area contributed by atoms with Gasteiger partial charge in [-0.3, -0.25) is 4.79 Å². The standard InChI is InChI=1S/C25H28N2O2/c1-4-27(5-2)25(28)21-14-16-22(17-15-21)26-18-19-10-12-20(13-11-19)23-8-6-7-9-24(23)29-3/h6-17,26H,4-5,18H2,1-3H3. The molecule has 3 aromatic rings. The van der Waals surface area contributed by atoms with E-state index in [1.807, 2.05) is 61.2 Å². The van der Waals surface area contributed by atoms with Gasteiger partial charge in [0.2, 0.25) is 0 Å². The molecule has 3 rings (SSSR count). The van der Waals surface area contributed by atoms with E-state index in [1.54, 1.807) is 7.11 Å². The summed E-state index contributed by atoms with van der Waals surface area (Å²) in [6.07, 6.45) is 0. The van der Waals surface area contributed by atoms with Crippen LogP contribution in [0.1, 0.15) is 29.8 Å². The Morgan fingerprint density at radius 2 is 1.55 bits per heavy atom. The Bertz CT molecular complexity index is 930. The average molecular weight is 389 g/mol. The van der Waals surface area contributed by atoms with Crippen LogP contribution >= 0.6 is 0 Å². The number of carbonyl (C=O) groups is 1. The van der Waals surface area contributed by atoms with Crippen molar-refractivity contribution in [1.82, 2.24) is 4.90 Å². The van der Waals surface area contributed by atoms with Crippen LogP contribution in [-0.4, -0.2) is 31.0 Å². The molecule has 0 aliphatic rings. The first-order valence-electron chi connectivity index (χ1n) is 10.0. The summed E-state index contributed by atoms with van der Waals surface area (Å²) in [5, 5.41) is 3.42. The average Bonchev–Trinajstić information content (AvgIpc) is 2.79. The van der Waals surface area contributed by atoms with Crippen molar-refractivity contribution in [2.24, 2.45) is 0 Å². The predicted molar refractivity (Wildman–Crippen MR) is 119 cm³/mol. The van der Waals surface area contributed by atoms with Gasteiger partial charge in [-0.05, 0) is 55.3 Å². The second kappa shape index (κ2) is 9.78. The summed E-state index contributed by atoms with van der Waals surface area (Å²) in [4.78, 5) is 14.2. The summed E-state index contributed by atoms with van der Waals surface area (Å²) < 4.78 is 5.45. The summed E-state index contributed by atoms with van der Waals surface area (Å²) >= 11 is 0. The minimum absolute atomic E-state index is 0.0773. The van der Waals surface area contributed by atoms with Crippen LogP contribution in [-0.2, 0) is 6.54 Å². The molecule has 0 heterocycles. The van der Waals surface area contributed by atoms with Gasteiger partial charge >= 0.3 is 0 Å². The van der Waals surface area contributed by atoms with Gasteiger partial charge in [0, 0.05) is 36.4 Å². The maximum Gasteiger partial charge on any atom is 0.253 e. The number of carbonyl (C=O) groups excluding carboxylic acids is 1. The van der Waals surface area contributed by atoms with Crippen LogP contribution in [0.15, 0.2) is 72.8 Å². The van der Waals surface area contributed by atoms with Gasteiger partial charge in [-0.15, -0.1) is 0 Å². The van der Waals surface area contributed by atoms with Crippen molar-refractivity contribution in [3.05, 3.63) is 83.9 Å². The van der Waals surface area contributed by atoms with Gasteiger partial charge in [0.15, 0.2) is 0 Å².